The lowest BCUT2D eigenvalue weighted by atomic mass is 9.81. The van der Waals surface area contributed by atoms with Crippen molar-refractivity contribution in [3.63, 3.8) is 0 Å². The Bertz CT molecular complexity index is 801. The molecule has 5 nitrogen and oxygen atoms in total. The first-order valence-electron chi connectivity index (χ1n) is 9.03. The third-order valence-corrected chi connectivity index (χ3v) is 5.58. The molecule has 130 valence electrons. The minimum atomic E-state index is -0.127. The molecule has 4 rings (SSSR count). The van der Waals surface area contributed by atoms with Crippen molar-refractivity contribution in [3.8, 4) is 0 Å². The summed E-state index contributed by atoms with van der Waals surface area (Å²) in [5, 5.41) is 4.61. The molecule has 0 unspecified atom stereocenters. The van der Waals surface area contributed by atoms with E-state index in [1.54, 1.807) is 0 Å². The van der Waals surface area contributed by atoms with E-state index in [-0.39, 0.29) is 23.7 Å². The van der Waals surface area contributed by atoms with Crippen LogP contribution in [0.1, 0.15) is 42.6 Å². The molecular weight excluding hydrogens is 314 g/mol. The van der Waals surface area contributed by atoms with Gasteiger partial charge in [-0.05, 0) is 32.3 Å². The Morgan fingerprint density at radius 1 is 1.00 bits per heavy atom. The van der Waals surface area contributed by atoms with Crippen molar-refractivity contribution in [1.29, 1.82) is 0 Å². The molecule has 2 amide bonds. The summed E-state index contributed by atoms with van der Waals surface area (Å²) in [7, 11) is 0. The number of imide groups is 1. The Morgan fingerprint density at radius 2 is 1.60 bits per heavy atom. The number of carbonyl (C=O) groups is 2. The Balaban J connectivity index is 1.69. The summed E-state index contributed by atoms with van der Waals surface area (Å²) in [5.41, 5.74) is 3.46. The largest absolute Gasteiger partial charge is 0.274 e. The van der Waals surface area contributed by atoms with Gasteiger partial charge in [0.15, 0.2) is 0 Å². The lowest BCUT2D eigenvalue weighted by Gasteiger charge is -2.19. The molecule has 1 saturated carbocycles. The summed E-state index contributed by atoms with van der Waals surface area (Å²) >= 11 is 0. The Hall–Kier alpha value is -2.43. The van der Waals surface area contributed by atoms with Crippen LogP contribution in [0.2, 0.25) is 0 Å². The van der Waals surface area contributed by atoms with Gasteiger partial charge in [-0.3, -0.25) is 14.3 Å². The van der Waals surface area contributed by atoms with Crippen LogP contribution < -0.4 is 4.90 Å². The van der Waals surface area contributed by atoms with E-state index in [1.165, 1.54) is 4.90 Å². The fourth-order valence-electron chi connectivity index (χ4n) is 4.30. The smallest absolute Gasteiger partial charge is 0.237 e. The first kappa shape index (κ1) is 16.1. The van der Waals surface area contributed by atoms with Gasteiger partial charge in [0.25, 0.3) is 0 Å². The van der Waals surface area contributed by atoms with Crippen LogP contribution in [-0.4, -0.2) is 21.6 Å². The number of rotatable bonds is 3. The molecule has 2 aromatic rings. The van der Waals surface area contributed by atoms with Gasteiger partial charge in [-0.15, -0.1) is 0 Å². The summed E-state index contributed by atoms with van der Waals surface area (Å²) in [4.78, 5) is 27.2. The summed E-state index contributed by atoms with van der Waals surface area (Å²) in [5.74, 6) is -0.310. The average molecular weight is 337 g/mol. The van der Waals surface area contributed by atoms with Gasteiger partial charge in [0.1, 0.15) is 0 Å². The molecule has 0 radical (unpaired) electrons. The molecule has 1 aliphatic heterocycles. The molecule has 2 atom stereocenters. The Morgan fingerprint density at radius 3 is 2.20 bits per heavy atom. The molecule has 25 heavy (non-hydrogen) atoms. The summed E-state index contributed by atoms with van der Waals surface area (Å²) in [6.07, 6.45) is 3.75. The van der Waals surface area contributed by atoms with Crippen molar-refractivity contribution in [2.24, 2.45) is 11.8 Å². The number of hydrogen-bond acceptors (Lipinski definition) is 3. The van der Waals surface area contributed by atoms with Crippen LogP contribution in [0.25, 0.3) is 0 Å². The number of fused-ring (bicyclic) bond motifs is 1. The number of carbonyl (C=O) groups excluding carboxylic acids is 2. The molecule has 2 heterocycles. The van der Waals surface area contributed by atoms with E-state index < -0.39 is 0 Å². The highest BCUT2D eigenvalue weighted by molar-refractivity contribution is 6.22. The van der Waals surface area contributed by atoms with E-state index in [1.807, 2.05) is 36.7 Å². The van der Waals surface area contributed by atoms with Gasteiger partial charge in [0.2, 0.25) is 11.8 Å². The number of nitrogens with zero attached hydrogens (tertiary/aromatic N) is 3. The van der Waals surface area contributed by atoms with Crippen molar-refractivity contribution < 1.29 is 9.59 Å². The maximum Gasteiger partial charge on any atom is 0.237 e. The number of benzene rings is 1. The average Bonchev–Trinajstić information content (AvgIpc) is 3.03. The predicted octanol–water partition coefficient (Wildman–Crippen LogP) is 3.23. The lowest BCUT2D eigenvalue weighted by Crippen LogP contribution is -2.31. The second-order valence-corrected chi connectivity index (χ2v) is 7.17. The van der Waals surface area contributed by atoms with Crippen molar-refractivity contribution in [2.45, 2.75) is 46.1 Å². The van der Waals surface area contributed by atoms with Crippen molar-refractivity contribution in [3.05, 3.63) is 47.3 Å². The number of amides is 2. The molecule has 1 saturated heterocycles. The van der Waals surface area contributed by atoms with Crippen LogP contribution >= 0.6 is 0 Å². The van der Waals surface area contributed by atoms with Crippen LogP contribution in [0.3, 0.4) is 0 Å². The van der Waals surface area contributed by atoms with E-state index in [0.717, 1.165) is 42.6 Å². The normalized spacial score (nSPS) is 23.2. The molecule has 2 fully saturated rings. The third-order valence-electron chi connectivity index (χ3n) is 5.58. The first-order chi connectivity index (χ1) is 12.1. The maximum absolute atomic E-state index is 12.9. The summed E-state index contributed by atoms with van der Waals surface area (Å²) in [6, 6.07) is 10.1. The first-order valence-corrected chi connectivity index (χ1v) is 9.03. The van der Waals surface area contributed by atoms with Gasteiger partial charge < -0.3 is 0 Å². The van der Waals surface area contributed by atoms with Crippen LogP contribution in [0, 0.1) is 25.7 Å². The zero-order valence-electron chi connectivity index (χ0n) is 14.7. The van der Waals surface area contributed by atoms with E-state index in [4.69, 9.17) is 0 Å². The second-order valence-electron chi connectivity index (χ2n) is 7.17. The standard InChI is InChI=1S/C20H23N3O2/c1-13-18(14(2)22(21-13)12-15-8-4-3-5-9-15)23-19(24)16-10-6-7-11-17(16)20(23)25/h3-5,8-9,16-17H,6-7,10-12H2,1-2H3/t16-,17+. The molecule has 5 heteroatoms. The number of hydrogen-bond donors (Lipinski definition) is 0. The van der Waals surface area contributed by atoms with E-state index in [9.17, 15) is 9.59 Å². The van der Waals surface area contributed by atoms with Gasteiger partial charge in [-0.2, -0.15) is 5.10 Å². The van der Waals surface area contributed by atoms with Crippen LogP contribution in [0.5, 0.6) is 0 Å². The minimum absolute atomic E-state index is 0.0276. The zero-order chi connectivity index (χ0) is 17.6. The van der Waals surface area contributed by atoms with Gasteiger partial charge in [-0.1, -0.05) is 43.2 Å². The monoisotopic (exact) mass is 337 g/mol. The Labute approximate surface area is 147 Å². The van der Waals surface area contributed by atoms with E-state index in [0.29, 0.717) is 12.2 Å². The maximum atomic E-state index is 12.9. The fourth-order valence-corrected chi connectivity index (χ4v) is 4.30. The highest BCUT2D eigenvalue weighted by Gasteiger charge is 2.49. The highest BCUT2D eigenvalue weighted by atomic mass is 16.2. The van der Waals surface area contributed by atoms with Crippen molar-refractivity contribution in [2.75, 3.05) is 4.90 Å². The van der Waals surface area contributed by atoms with Gasteiger partial charge in [0, 0.05) is 0 Å². The summed E-state index contributed by atoms with van der Waals surface area (Å²) in [6.45, 7) is 4.46. The molecular formula is C20H23N3O2. The van der Waals surface area contributed by atoms with E-state index in [2.05, 4.69) is 17.2 Å². The molecule has 1 aromatic heterocycles. The summed E-state index contributed by atoms with van der Waals surface area (Å²) < 4.78 is 1.89. The molecule has 1 aromatic carbocycles. The van der Waals surface area contributed by atoms with Crippen LogP contribution in [0.4, 0.5) is 5.69 Å². The molecule has 1 aliphatic carbocycles. The highest BCUT2D eigenvalue weighted by Crippen LogP contribution is 2.41. The van der Waals surface area contributed by atoms with Crippen molar-refractivity contribution in [1.82, 2.24) is 9.78 Å². The number of aromatic nitrogens is 2. The predicted molar refractivity (Wildman–Crippen MR) is 95.2 cm³/mol. The number of aryl methyl sites for hydroxylation is 1. The molecule has 0 bridgehead atoms. The fraction of sp³-hybridized carbons (Fsp3) is 0.450. The zero-order valence-corrected chi connectivity index (χ0v) is 14.7. The van der Waals surface area contributed by atoms with Gasteiger partial charge in [0.05, 0.1) is 35.5 Å². The van der Waals surface area contributed by atoms with Crippen molar-refractivity contribution >= 4 is 17.5 Å². The molecule has 2 aliphatic rings. The van der Waals surface area contributed by atoms with Crippen LogP contribution in [-0.2, 0) is 16.1 Å². The topological polar surface area (TPSA) is 55.2 Å². The minimum Gasteiger partial charge on any atom is -0.274 e. The van der Waals surface area contributed by atoms with Gasteiger partial charge >= 0.3 is 0 Å². The lowest BCUT2D eigenvalue weighted by molar-refractivity contribution is -0.122. The SMILES string of the molecule is Cc1nn(Cc2ccccc2)c(C)c1N1C(=O)[C@H]2CCCC[C@H]2C1=O. The second kappa shape index (κ2) is 6.14. The Kier molecular flexibility index (Phi) is 3.94. The number of anilines is 1. The quantitative estimate of drug-likeness (QED) is 0.808. The van der Waals surface area contributed by atoms with Crippen LogP contribution in [0.15, 0.2) is 30.3 Å². The van der Waals surface area contributed by atoms with Gasteiger partial charge in [-0.25, -0.2) is 4.90 Å². The van der Waals surface area contributed by atoms with E-state index >= 15 is 0 Å². The molecule has 0 spiro atoms. The third kappa shape index (κ3) is 2.58. The molecule has 0 N–H and O–H groups in total.